The van der Waals surface area contributed by atoms with Gasteiger partial charge < -0.3 is 15.0 Å². The number of nitrogens with zero attached hydrogens (tertiary/aromatic N) is 3. The average molecular weight is 514 g/mol. The van der Waals surface area contributed by atoms with Crippen LogP contribution in [0, 0.1) is 5.92 Å². The topological polar surface area (TPSA) is 74.2 Å². The molecule has 1 aromatic rings. The average Bonchev–Trinajstić information content (AvgIpc) is 3.28. The van der Waals surface area contributed by atoms with Gasteiger partial charge in [0.2, 0.25) is 0 Å². The quantitative estimate of drug-likeness (QED) is 0.190. The van der Waals surface area contributed by atoms with Gasteiger partial charge in [-0.2, -0.15) is 0 Å². The van der Waals surface area contributed by atoms with Gasteiger partial charge >= 0.3 is 0 Å². The number of carbonyl (C=O) groups excluding carboxylic acids is 2. The second kappa shape index (κ2) is 11.5. The van der Waals surface area contributed by atoms with Crippen LogP contribution in [-0.4, -0.2) is 74.0 Å². The van der Waals surface area contributed by atoms with E-state index >= 15 is 0 Å². The Balaban J connectivity index is 0.00000300. The molecule has 8 heteroatoms. The first-order chi connectivity index (χ1) is 13.7. The summed E-state index contributed by atoms with van der Waals surface area (Å²) in [5, 5.41) is 3.40. The molecule has 2 amide bonds. The van der Waals surface area contributed by atoms with E-state index in [0.29, 0.717) is 23.6 Å². The molecule has 0 aromatic heterocycles. The van der Waals surface area contributed by atoms with Crippen LogP contribution < -0.4 is 5.32 Å². The van der Waals surface area contributed by atoms with Crippen molar-refractivity contribution in [2.75, 3.05) is 46.4 Å². The van der Waals surface area contributed by atoms with E-state index in [1.54, 1.807) is 31.3 Å². The minimum atomic E-state index is -0.179. The van der Waals surface area contributed by atoms with Crippen LogP contribution >= 0.6 is 24.0 Å². The summed E-state index contributed by atoms with van der Waals surface area (Å²) in [7, 11) is 1.80. The summed E-state index contributed by atoms with van der Waals surface area (Å²) in [4.78, 5) is 32.7. The lowest BCUT2D eigenvalue weighted by Gasteiger charge is -2.22. The number of aliphatic imine (C=N–C) groups is 1. The fraction of sp³-hybridized carbons (Fsp3) is 0.571. The first kappa shape index (κ1) is 23.6. The van der Waals surface area contributed by atoms with Crippen molar-refractivity contribution in [2.45, 2.75) is 26.2 Å². The van der Waals surface area contributed by atoms with Gasteiger partial charge in [-0.25, -0.2) is 0 Å². The van der Waals surface area contributed by atoms with Crippen LogP contribution in [0.1, 0.15) is 46.9 Å². The number of hydrogen-bond donors (Lipinski definition) is 1. The Hall–Kier alpha value is -1.68. The maximum absolute atomic E-state index is 12.4. The molecule has 1 aromatic carbocycles. The molecule has 2 aliphatic rings. The highest BCUT2D eigenvalue weighted by molar-refractivity contribution is 14.0. The van der Waals surface area contributed by atoms with E-state index in [2.05, 4.69) is 15.2 Å². The number of unbranched alkanes of at least 4 members (excludes halogenated alkanes) is 1. The van der Waals surface area contributed by atoms with Gasteiger partial charge in [-0.05, 0) is 38.3 Å². The third-order valence-electron chi connectivity index (χ3n) is 5.32. The lowest BCUT2D eigenvalue weighted by Crippen LogP contribution is -2.40. The van der Waals surface area contributed by atoms with Gasteiger partial charge in [0.25, 0.3) is 11.8 Å². The normalized spacial score (nSPS) is 18.8. The van der Waals surface area contributed by atoms with E-state index in [0.717, 1.165) is 58.1 Å². The minimum absolute atomic E-state index is 0. The van der Waals surface area contributed by atoms with Crippen molar-refractivity contribution in [2.24, 2.45) is 10.9 Å². The van der Waals surface area contributed by atoms with Gasteiger partial charge in [-0.3, -0.25) is 19.5 Å². The number of ether oxygens (including phenoxy) is 1. The van der Waals surface area contributed by atoms with E-state index < -0.39 is 0 Å². The van der Waals surface area contributed by atoms with Crippen molar-refractivity contribution < 1.29 is 14.3 Å². The molecule has 0 saturated carbocycles. The third kappa shape index (κ3) is 5.69. The van der Waals surface area contributed by atoms with Gasteiger partial charge in [0, 0.05) is 45.8 Å². The van der Waals surface area contributed by atoms with E-state index in [4.69, 9.17) is 4.74 Å². The fourth-order valence-corrected chi connectivity index (χ4v) is 3.82. The van der Waals surface area contributed by atoms with Crippen LogP contribution in [-0.2, 0) is 4.74 Å². The number of halogens is 1. The Morgan fingerprint density at radius 1 is 1.21 bits per heavy atom. The van der Waals surface area contributed by atoms with E-state index in [1.165, 1.54) is 4.90 Å². The van der Waals surface area contributed by atoms with Crippen molar-refractivity contribution in [3.05, 3.63) is 35.4 Å². The number of benzene rings is 1. The Bertz CT molecular complexity index is 705. The molecule has 1 unspecified atom stereocenters. The molecule has 1 N–H and O–H groups in total. The molecule has 2 aliphatic heterocycles. The van der Waals surface area contributed by atoms with Crippen LogP contribution in [0.25, 0.3) is 0 Å². The van der Waals surface area contributed by atoms with Gasteiger partial charge in [0.1, 0.15) is 0 Å². The molecule has 29 heavy (non-hydrogen) atoms. The molecule has 3 rings (SSSR count). The molecule has 1 atom stereocenters. The predicted molar refractivity (Wildman–Crippen MR) is 124 cm³/mol. The van der Waals surface area contributed by atoms with E-state index in [1.807, 2.05) is 6.92 Å². The lowest BCUT2D eigenvalue weighted by molar-refractivity contribution is 0.0652. The monoisotopic (exact) mass is 514 g/mol. The van der Waals surface area contributed by atoms with Gasteiger partial charge in [-0.1, -0.05) is 12.1 Å². The molecular formula is C21H31IN4O3. The zero-order valence-electron chi connectivity index (χ0n) is 17.2. The minimum Gasteiger partial charge on any atom is -0.381 e. The highest BCUT2D eigenvalue weighted by Crippen LogP contribution is 2.22. The smallest absolute Gasteiger partial charge is 0.261 e. The molecule has 7 nitrogen and oxygen atoms in total. The molecule has 1 fully saturated rings. The number of fused-ring (bicyclic) bond motifs is 1. The summed E-state index contributed by atoms with van der Waals surface area (Å²) in [6, 6.07) is 7.02. The number of rotatable bonds is 8. The number of nitrogens with one attached hydrogen (secondary N) is 1. The Morgan fingerprint density at radius 3 is 2.52 bits per heavy atom. The summed E-state index contributed by atoms with van der Waals surface area (Å²) in [6.45, 7) is 6.77. The standard InChI is InChI=1S/C21H30N4O3.HI/c1-3-28-15-16-10-13-24(14-16)21(22-2)23-11-6-7-12-25-19(26)17-8-4-5-9-18(17)20(25)27;/h4-5,8-9,16H,3,6-7,10-15H2,1-2H3,(H,22,23);1H. The van der Waals surface area contributed by atoms with Gasteiger partial charge in [-0.15, -0.1) is 24.0 Å². The van der Waals surface area contributed by atoms with Crippen molar-refractivity contribution >= 4 is 41.8 Å². The number of likely N-dealkylation sites (tertiary alicyclic amines) is 1. The molecule has 1 saturated heterocycles. The van der Waals surface area contributed by atoms with Crippen LogP contribution in [0.15, 0.2) is 29.3 Å². The largest absolute Gasteiger partial charge is 0.381 e. The summed E-state index contributed by atoms with van der Waals surface area (Å²) < 4.78 is 5.54. The maximum Gasteiger partial charge on any atom is 0.261 e. The second-order valence-electron chi connectivity index (χ2n) is 7.25. The van der Waals surface area contributed by atoms with E-state index in [-0.39, 0.29) is 35.8 Å². The summed E-state index contributed by atoms with van der Waals surface area (Å²) in [5.41, 5.74) is 1.03. The molecule has 160 valence electrons. The van der Waals surface area contributed by atoms with Crippen LogP contribution in [0.4, 0.5) is 0 Å². The number of guanidine groups is 1. The van der Waals surface area contributed by atoms with Crippen molar-refractivity contribution in [1.29, 1.82) is 0 Å². The summed E-state index contributed by atoms with van der Waals surface area (Å²) in [5.74, 6) is 1.12. The molecule has 0 spiro atoms. The van der Waals surface area contributed by atoms with Crippen molar-refractivity contribution in [3.8, 4) is 0 Å². The molecule has 0 bridgehead atoms. The number of hydrogen-bond acceptors (Lipinski definition) is 4. The molecular weight excluding hydrogens is 483 g/mol. The number of carbonyl (C=O) groups is 2. The first-order valence-corrected chi connectivity index (χ1v) is 10.1. The fourth-order valence-electron chi connectivity index (χ4n) is 3.82. The van der Waals surface area contributed by atoms with Crippen molar-refractivity contribution in [3.63, 3.8) is 0 Å². The highest BCUT2D eigenvalue weighted by Gasteiger charge is 2.34. The Labute approximate surface area is 189 Å². The summed E-state index contributed by atoms with van der Waals surface area (Å²) in [6.07, 6.45) is 2.76. The predicted octanol–water partition coefficient (Wildman–Crippen LogP) is 2.61. The molecule has 0 radical (unpaired) electrons. The molecule has 0 aliphatic carbocycles. The van der Waals surface area contributed by atoms with Crippen molar-refractivity contribution in [1.82, 2.24) is 15.1 Å². The third-order valence-corrected chi connectivity index (χ3v) is 5.32. The van der Waals surface area contributed by atoms with Gasteiger partial charge in [0.05, 0.1) is 17.7 Å². The first-order valence-electron chi connectivity index (χ1n) is 10.1. The van der Waals surface area contributed by atoms with Crippen LogP contribution in [0.2, 0.25) is 0 Å². The maximum atomic E-state index is 12.4. The van der Waals surface area contributed by atoms with Crippen LogP contribution in [0.5, 0.6) is 0 Å². The SMILES string of the molecule is CCOCC1CCN(C(=NC)NCCCCN2C(=O)c3ccccc3C2=O)C1.I. The zero-order valence-corrected chi connectivity index (χ0v) is 19.6. The van der Waals surface area contributed by atoms with E-state index in [9.17, 15) is 9.59 Å². The number of amides is 2. The lowest BCUT2D eigenvalue weighted by atomic mass is 10.1. The zero-order chi connectivity index (χ0) is 19.9. The van der Waals surface area contributed by atoms with Gasteiger partial charge in [0.15, 0.2) is 5.96 Å². The Kier molecular flexibility index (Phi) is 9.35. The van der Waals surface area contributed by atoms with Crippen LogP contribution in [0.3, 0.4) is 0 Å². The Morgan fingerprint density at radius 2 is 1.90 bits per heavy atom. The molecule has 2 heterocycles. The number of imide groups is 1. The second-order valence-corrected chi connectivity index (χ2v) is 7.25. The highest BCUT2D eigenvalue weighted by atomic mass is 127. The summed E-state index contributed by atoms with van der Waals surface area (Å²) >= 11 is 0.